The average Bonchev–Trinajstić information content (AvgIpc) is 2.66. The Bertz CT molecular complexity index is 854. The van der Waals surface area contributed by atoms with Gasteiger partial charge in [0.2, 0.25) is 5.91 Å². The van der Waals surface area contributed by atoms with Crippen molar-refractivity contribution in [1.29, 1.82) is 0 Å². The summed E-state index contributed by atoms with van der Waals surface area (Å²) in [6, 6.07) is 11.9. The van der Waals surface area contributed by atoms with Gasteiger partial charge >= 0.3 is 6.36 Å². The first-order valence-electron chi connectivity index (χ1n) is 8.74. The molecule has 0 fully saturated rings. The van der Waals surface area contributed by atoms with Crippen molar-refractivity contribution in [2.24, 2.45) is 0 Å². The van der Waals surface area contributed by atoms with Crippen molar-refractivity contribution in [3.63, 3.8) is 0 Å². The van der Waals surface area contributed by atoms with E-state index < -0.39 is 6.36 Å². The molecular formula is C20H18Cl2F3NO4. The van der Waals surface area contributed by atoms with E-state index in [0.717, 1.165) is 12.1 Å². The molecule has 162 valence electrons. The normalized spacial score (nSPS) is 10.8. The van der Waals surface area contributed by atoms with E-state index in [1.165, 1.54) is 18.2 Å². The van der Waals surface area contributed by atoms with Gasteiger partial charge in [-0.3, -0.25) is 4.79 Å². The first kappa shape index (κ1) is 23.7. The van der Waals surface area contributed by atoms with Crippen LogP contribution in [0.15, 0.2) is 59.1 Å². The summed E-state index contributed by atoms with van der Waals surface area (Å²) in [5.74, 6) is 0.360. The van der Waals surface area contributed by atoms with Crippen LogP contribution < -0.4 is 19.5 Å². The summed E-state index contributed by atoms with van der Waals surface area (Å²) in [4.78, 5) is 12.0. The highest BCUT2D eigenvalue weighted by Gasteiger charge is 2.30. The molecule has 0 saturated heterocycles. The number of alkyl halides is 3. The number of carbonyl (C=O) groups excluding carboxylic acids is 1. The lowest BCUT2D eigenvalue weighted by molar-refractivity contribution is -0.274. The maximum absolute atomic E-state index is 12.1. The second kappa shape index (κ2) is 11.6. The third kappa shape index (κ3) is 9.28. The van der Waals surface area contributed by atoms with Crippen molar-refractivity contribution in [3.05, 3.63) is 59.1 Å². The Morgan fingerprint density at radius 1 is 1.00 bits per heavy atom. The number of hydrogen-bond donors (Lipinski definition) is 1. The zero-order valence-corrected chi connectivity index (χ0v) is 17.1. The highest BCUT2D eigenvalue weighted by molar-refractivity contribution is 6.55. The Balaban J connectivity index is 1.74. The molecule has 1 N–H and O–H groups in total. The second-order valence-electron chi connectivity index (χ2n) is 5.82. The van der Waals surface area contributed by atoms with E-state index in [4.69, 9.17) is 32.7 Å². The lowest BCUT2D eigenvalue weighted by Gasteiger charge is -2.12. The van der Waals surface area contributed by atoms with E-state index >= 15 is 0 Å². The molecule has 1 amide bonds. The van der Waals surface area contributed by atoms with Gasteiger partial charge in [-0.25, -0.2) is 0 Å². The number of hydrogen-bond acceptors (Lipinski definition) is 4. The van der Waals surface area contributed by atoms with Gasteiger partial charge in [0.15, 0.2) is 11.5 Å². The van der Waals surface area contributed by atoms with Gasteiger partial charge in [-0.05, 0) is 48.9 Å². The minimum absolute atomic E-state index is 0.0990. The van der Waals surface area contributed by atoms with Crippen LogP contribution in [0.25, 0.3) is 0 Å². The summed E-state index contributed by atoms with van der Waals surface area (Å²) in [5, 5.41) is 2.59. The van der Waals surface area contributed by atoms with Crippen molar-refractivity contribution in [3.8, 4) is 17.2 Å². The van der Waals surface area contributed by atoms with Crippen LogP contribution in [0.5, 0.6) is 17.2 Å². The molecule has 0 heterocycles. The molecule has 2 rings (SSSR count). The van der Waals surface area contributed by atoms with Crippen molar-refractivity contribution >= 4 is 34.8 Å². The van der Waals surface area contributed by atoms with Gasteiger partial charge in [0.05, 0.1) is 6.61 Å². The quantitative estimate of drug-likeness (QED) is 0.433. The number of nitrogens with one attached hydrogen (secondary N) is 1. The Morgan fingerprint density at radius 2 is 1.63 bits per heavy atom. The summed E-state index contributed by atoms with van der Waals surface area (Å²) >= 11 is 11.1. The molecule has 0 radical (unpaired) electrons. The predicted molar refractivity (Wildman–Crippen MR) is 108 cm³/mol. The SMILES string of the molecule is O=C(CCCOc1ccccc1OCC=C(Cl)Cl)Nc1ccc(OC(F)(F)F)cc1. The molecule has 0 aromatic heterocycles. The number of carbonyl (C=O) groups is 1. The largest absolute Gasteiger partial charge is 0.573 e. The minimum atomic E-state index is -4.76. The number of anilines is 1. The highest BCUT2D eigenvalue weighted by atomic mass is 35.5. The van der Waals surface area contributed by atoms with Gasteiger partial charge in [-0.15, -0.1) is 13.2 Å². The topological polar surface area (TPSA) is 56.8 Å². The third-order valence-corrected chi connectivity index (χ3v) is 3.81. The monoisotopic (exact) mass is 463 g/mol. The highest BCUT2D eigenvalue weighted by Crippen LogP contribution is 2.27. The van der Waals surface area contributed by atoms with Crippen LogP contribution in [-0.4, -0.2) is 25.5 Å². The molecule has 0 spiro atoms. The molecule has 2 aromatic rings. The molecular weight excluding hydrogens is 446 g/mol. The lowest BCUT2D eigenvalue weighted by Crippen LogP contribution is -2.17. The van der Waals surface area contributed by atoms with Gasteiger partial charge in [0.1, 0.15) is 16.8 Å². The Hall–Kier alpha value is -2.58. The number of benzene rings is 2. The number of rotatable bonds is 10. The predicted octanol–water partition coefficient (Wildman–Crippen LogP) is 6.08. The molecule has 5 nitrogen and oxygen atoms in total. The minimum Gasteiger partial charge on any atom is -0.490 e. The molecule has 2 aromatic carbocycles. The molecule has 0 atom stereocenters. The van der Waals surface area contributed by atoms with Gasteiger partial charge in [-0.1, -0.05) is 35.3 Å². The maximum atomic E-state index is 12.1. The summed E-state index contributed by atoms with van der Waals surface area (Å²) in [7, 11) is 0. The van der Waals surface area contributed by atoms with E-state index in [2.05, 4.69) is 10.1 Å². The molecule has 0 bridgehead atoms. The van der Waals surface area contributed by atoms with Crippen LogP contribution in [-0.2, 0) is 4.79 Å². The van der Waals surface area contributed by atoms with Crippen LogP contribution >= 0.6 is 23.2 Å². The molecule has 30 heavy (non-hydrogen) atoms. The Morgan fingerprint density at radius 3 is 2.23 bits per heavy atom. The fourth-order valence-corrected chi connectivity index (χ4v) is 2.39. The summed E-state index contributed by atoms with van der Waals surface area (Å²) in [5.41, 5.74) is 0.361. The van der Waals surface area contributed by atoms with Crippen LogP contribution in [0.3, 0.4) is 0 Å². The van der Waals surface area contributed by atoms with Crippen molar-refractivity contribution in [2.45, 2.75) is 19.2 Å². The van der Waals surface area contributed by atoms with Crippen molar-refractivity contribution < 1.29 is 32.2 Å². The molecule has 0 aliphatic rings. The van der Waals surface area contributed by atoms with Gasteiger partial charge < -0.3 is 19.5 Å². The van der Waals surface area contributed by atoms with E-state index in [1.54, 1.807) is 24.3 Å². The Labute approximate surface area is 181 Å². The molecule has 10 heteroatoms. The summed E-state index contributed by atoms with van der Waals surface area (Å²) in [6.45, 7) is 0.441. The van der Waals surface area contributed by atoms with Crippen LogP contribution in [0, 0.1) is 0 Å². The van der Waals surface area contributed by atoms with Crippen LogP contribution in [0.4, 0.5) is 18.9 Å². The van der Waals surface area contributed by atoms with Gasteiger partial charge in [-0.2, -0.15) is 0 Å². The average molecular weight is 464 g/mol. The molecule has 0 aliphatic heterocycles. The second-order valence-corrected chi connectivity index (χ2v) is 6.83. The van der Waals surface area contributed by atoms with E-state index in [0.29, 0.717) is 23.6 Å². The number of amides is 1. The smallest absolute Gasteiger partial charge is 0.490 e. The molecule has 0 aliphatic carbocycles. The molecule has 0 saturated carbocycles. The summed E-state index contributed by atoms with van der Waals surface area (Å²) < 4.78 is 51.5. The Kier molecular flexibility index (Phi) is 9.14. The first-order chi connectivity index (χ1) is 14.2. The van der Waals surface area contributed by atoms with Gasteiger partial charge in [0, 0.05) is 12.1 Å². The third-order valence-electron chi connectivity index (χ3n) is 3.50. The number of ether oxygens (including phenoxy) is 3. The summed E-state index contributed by atoms with van der Waals surface area (Å²) in [6.07, 6.45) is -2.69. The first-order valence-corrected chi connectivity index (χ1v) is 9.50. The van der Waals surface area contributed by atoms with E-state index in [9.17, 15) is 18.0 Å². The van der Waals surface area contributed by atoms with Crippen LogP contribution in [0.1, 0.15) is 12.8 Å². The lowest BCUT2D eigenvalue weighted by atomic mass is 10.2. The zero-order chi connectivity index (χ0) is 22.0. The standard InChI is InChI=1S/C20H18Cl2F3NO4/c21-18(22)11-13-29-17-5-2-1-4-16(17)28-12-3-6-19(27)26-14-7-9-15(10-8-14)30-20(23,24)25/h1-2,4-5,7-11H,3,6,12-13H2,(H,26,27). The zero-order valence-electron chi connectivity index (χ0n) is 15.5. The number of para-hydroxylation sites is 2. The van der Waals surface area contributed by atoms with E-state index in [-0.39, 0.29) is 35.8 Å². The van der Waals surface area contributed by atoms with Crippen molar-refractivity contribution in [1.82, 2.24) is 0 Å². The fourth-order valence-electron chi connectivity index (χ4n) is 2.26. The molecule has 0 unspecified atom stereocenters. The maximum Gasteiger partial charge on any atom is 0.573 e. The fraction of sp³-hybridized carbons (Fsp3) is 0.250. The van der Waals surface area contributed by atoms with Crippen molar-refractivity contribution in [2.75, 3.05) is 18.5 Å². The van der Waals surface area contributed by atoms with Gasteiger partial charge in [0.25, 0.3) is 0 Å². The number of halogens is 5. The van der Waals surface area contributed by atoms with Crippen LogP contribution in [0.2, 0.25) is 0 Å². The van der Waals surface area contributed by atoms with E-state index in [1.807, 2.05) is 0 Å².